The maximum absolute atomic E-state index is 13.0. The average molecular weight is 524 g/mol. The lowest BCUT2D eigenvalue weighted by Gasteiger charge is -2.23. The minimum atomic E-state index is -4.37. The topological polar surface area (TPSA) is 92.8 Å². The zero-order valence-corrected chi connectivity index (χ0v) is 21.4. The third-order valence-electron chi connectivity index (χ3n) is 6.09. The van der Waals surface area contributed by atoms with Crippen molar-refractivity contribution < 1.29 is 22.7 Å². The van der Waals surface area contributed by atoms with Crippen LogP contribution < -0.4 is 10.1 Å². The highest BCUT2D eigenvalue weighted by Gasteiger charge is 2.30. The Bertz CT molecular complexity index is 1360. The number of aromatic nitrogens is 4. The number of hydrogen-bond acceptors (Lipinski definition) is 5. The largest absolute Gasteiger partial charge is 0.486 e. The van der Waals surface area contributed by atoms with Crippen molar-refractivity contribution in [3.63, 3.8) is 0 Å². The van der Waals surface area contributed by atoms with Gasteiger partial charge in [0.2, 0.25) is 5.95 Å². The Labute approximate surface area is 218 Å². The number of tetrazole rings is 1. The number of rotatable bonds is 8. The molecule has 0 saturated carbocycles. The van der Waals surface area contributed by atoms with Crippen LogP contribution >= 0.6 is 0 Å². The van der Waals surface area contributed by atoms with Crippen molar-refractivity contribution >= 4 is 11.9 Å². The summed E-state index contributed by atoms with van der Waals surface area (Å²) in [6.45, 7) is 8.05. The zero-order chi connectivity index (χ0) is 27.4. The fraction of sp³-hybridized carbons (Fsp3) is 0.286. The second-order valence-corrected chi connectivity index (χ2v) is 9.57. The fourth-order valence-corrected chi connectivity index (χ4v) is 4.36. The van der Waals surface area contributed by atoms with E-state index in [0.29, 0.717) is 22.8 Å². The van der Waals surface area contributed by atoms with Gasteiger partial charge in [-0.15, -0.1) is 0 Å². The number of aryl methyl sites for hydroxylation is 2. The first-order chi connectivity index (χ1) is 18.0. The minimum absolute atomic E-state index is 0.158. The van der Waals surface area contributed by atoms with E-state index in [4.69, 9.17) is 4.74 Å². The van der Waals surface area contributed by atoms with Crippen LogP contribution in [0.5, 0.6) is 5.75 Å². The molecule has 1 atom stereocenters. The SMILES string of the molecule is Cc1cc(OC(CC(C)C)c2ccc(C(=O)Nc3nnn[nH]3)cc2)cc(C)c1-c1ccc(C(F)(F)F)cc1. The van der Waals surface area contributed by atoms with Gasteiger partial charge in [0, 0.05) is 5.56 Å². The molecule has 0 fully saturated rings. The van der Waals surface area contributed by atoms with Gasteiger partial charge in [-0.05, 0) is 101 Å². The molecular weight excluding hydrogens is 495 g/mol. The number of benzene rings is 3. The monoisotopic (exact) mass is 523 g/mol. The van der Waals surface area contributed by atoms with E-state index in [9.17, 15) is 18.0 Å². The van der Waals surface area contributed by atoms with Crippen molar-refractivity contribution in [3.8, 4) is 16.9 Å². The second-order valence-electron chi connectivity index (χ2n) is 9.57. The molecule has 0 radical (unpaired) electrons. The van der Waals surface area contributed by atoms with E-state index in [2.05, 4.69) is 39.8 Å². The van der Waals surface area contributed by atoms with E-state index < -0.39 is 11.7 Å². The van der Waals surface area contributed by atoms with E-state index >= 15 is 0 Å². The van der Waals surface area contributed by atoms with Crippen molar-refractivity contribution in [3.05, 3.63) is 88.5 Å². The van der Waals surface area contributed by atoms with E-state index in [1.54, 1.807) is 12.1 Å². The zero-order valence-electron chi connectivity index (χ0n) is 21.4. The Morgan fingerprint density at radius 2 is 1.63 bits per heavy atom. The lowest BCUT2D eigenvalue weighted by molar-refractivity contribution is -0.137. The van der Waals surface area contributed by atoms with Crippen molar-refractivity contribution in [2.24, 2.45) is 5.92 Å². The van der Waals surface area contributed by atoms with Crippen LogP contribution in [0.1, 0.15) is 59.0 Å². The molecule has 0 aliphatic carbocycles. The molecule has 0 bridgehead atoms. The van der Waals surface area contributed by atoms with Crippen molar-refractivity contribution in [1.82, 2.24) is 20.6 Å². The van der Waals surface area contributed by atoms with E-state index in [0.717, 1.165) is 40.8 Å². The Morgan fingerprint density at radius 1 is 1.00 bits per heavy atom. The first-order valence-corrected chi connectivity index (χ1v) is 12.1. The van der Waals surface area contributed by atoms with Crippen LogP contribution in [0, 0.1) is 19.8 Å². The second kappa shape index (κ2) is 11.0. The van der Waals surface area contributed by atoms with Crippen LogP contribution in [0.15, 0.2) is 60.7 Å². The third-order valence-corrected chi connectivity index (χ3v) is 6.09. The van der Waals surface area contributed by atoms with Gasteiger partial charge in [0.25, 0.3) is 5.91 Å². The van der Waals surface area contributed by atoms with Gasteiger partial charge < -0.3 is 4.74 Å². The molecule has 1 amide bonds. The van der Waals surface area contributed by atoms with E-state index in [1.165, 1.54) is 12.1 Å². The summed E-state index contributed by atoms with van der Waals surface area (Å²) in [5, 5.41) is 15.6. The van der Waals surface area contributed by atoms with Gasteiger partial charge >= 0.3 is 6.18 Å². The number of nitrogens with zero attached hydrogens (tertiary/aromatic N) is 3. The molecular formula is C28H28F3N5O2. The molecule has 1 unspecified atom stereocenters. The van der Waals surface area contributed by atoms with Crippen LogP contribution in [0.4, 0.5) is 19.1 Å². The van der Waals surface area contributed by atoms with Gasteiger partial charge in [-0.2, -0.15) is 13.2 Å². The van der Waals surface area contributed by atoms with Gasteiger partial charge in [0.15, 0.2) is 0 Å². The molecule has 0 aliphatic heterocycles. The molecule has 1 heterocycles. The molecule has 0 saturated heterocycles. The molecule has 0 aliphatic rings. The van der Waals surface area contributed by atoms with Crippen LogP contribution in [0.25, 0.3) is 11.1 Å². The lowest BCUT2D eigenvalue weighted by Crippen LogP contribution is -2.14. The highest BCUT2D eigenvalue weighted by molar-refractivity contribution is 6.03. The average Bonchev–Trinajstić information content (AvgIpc) is 3.36. The van der Waals surface area contributed by atoms with Gasteiger partial charge in [-0.25, -0.2) is 5.10 Å². The number of amides is 1. The number of anilines is 1. The normalized spacial score (nSPS) is 12.4. The smallest absolute Gasteiger partial charge is 0.416 e. The summed E-state index contributed by atoms with van der Waals surface area (Å²) in [7, 11) is 0. The van der Waals surface area contributed by atoms with Gasteiger partial charge in [-0.3, -0.25) is 10.1 Å². The highest BCUT2D eigenvalue weighted by atomic mass is 19.4. The molecule has 3 aromatic carbocycles. The summed E-state index contributed by atoms with van der Waals surface area (Å²) in [5.41, 5.74) is 4.08. The number of ether oxygens (including phenoxy) is 1. The summed E-state index contributed by atoms with van der Waals surface area (Å²) in [6, 6.07) is 16.2. The van der Waals surface area contributed by atoms with Crippen LogP contribution in [-0.2, 0) is 6.18 Å². The van der Waals surface area contributed by atoms with Crippen molar-refractivity contribution in [2.45, 2.75) is 46.4 Å². The quantitative estimate of drug-likeness (QED) is 0.262. The minimum Gasteiger partial charge on any atom is -0.486 e. The summed E-state index contributed by atoms with van der Waals surface area (Å²) in [5.74, 6) is 0.823. The first kappa shape index (κ1) is 26.8. The molecule has 198 valence electrons. The van der Waals surface area contributed by atoms with E-state index in [1.807, 2.05) is 38.1 Å². The third kappa shape index (κ3) is 6.37. The number of aromatic amines is 1. The van der Waals surface area contributed by atoms with E-state index in [-0.39, 0.29) is 18.0 Å². The highest BCUT2D eigenvalue weighted by Crippen LogP contribution is 2.36. The molecule has 38 heavy (non-hydrogen) atoms. The van der Waals surface area contributed by atoms with Gasteiger partial charge in [-0.1, -0.05) is 43.2 Å². The fourth-order valence-electron chi connectivity index (χ4n) is 4.36. The Kier molecular flexibility index (Phi) is 7.80. The van der Waals surface area contributed by atoms with Crippen LogP contribution in [0.3, 0.4) is 0 Å². The van der Waals surface area contributed by atoms with Crippen LogP contribution in [-0.4, -0.2) is 26.5 Å². The summed E-state index contributed by atoms with van der Waals surface area (Å²) in [6.07, 6.45) is -3.89. The molecule has 2 N–H and O–H groups in total. The maximum Gasteiger partial charge on any atom is 0.416 e. The summed E-state index contributed by atoms with van der Waals surface area (Å²) in [4.78, 5) is 12.4. The molecule has 7 nitrogen and oxygen atoms in total. The number of halogens is 3. The number of carbonyl (C=O) groups excluding carboxylic acids is 1. The Morgan fingerprint density at radius 3 is 2.16 bits per heavy atom. The molecule has 0 spiro atoms. The molecule has 10 heteroatoms. The van der Waals surface area contributed by atoms with Crippen molar-refractivity contribution in [1.29, 1.82) is 0 Å². The summed E-state index contributed by atoms with van der Waals surface area (Å²) < 4.78 is 45.4. The predicted octanol–water partition coefficient (Wildman–Crippen LogP) is 6.92. The van der Waals surface area contributed by atoms with Gasteiger partial charge in [0.1, 0.15) is 11.9 Å². The van der Waals surface area contributed by atoms with Crippen LogP contribution in [0.2, 0.25) is 0 Å². The van der Waals surface area contributed by atoms with Crippen molar-refractivity contribution in [2.75, 3.05) is 5.32 Å². The Hall–Kier alpha value is -4.21. The lowest BCUT2D eigenvalue weighted by atomic mass is 9.94. The number of hydrogen-bond donors (Lipinski definition) is 2. The number of nitrogens with one attached hydrogen (secondary N) is 2. The summed E-state index contributed by atoms with van der Waals surface area (Å²) >= 11 is 0. The van der Waals surface area contributed by atoms with Gasteiger partial charge in [0.05, 0.1) is 5.56 Å². The first-order valence-electron chi connectivity index (χ1n) is 12.1. The number of carbonyl (C=O) groups is 1. The molecule has 4 aromatic rings. The standard InChI is InChI=1S/C28H28F3N5O2/c1-16(2)13-24(19-5-7-21(8-6-19)26(37)32-27-33-35-36-34-27)38-23-14-17(3)25(18(4)15-23)20-9-11-22(12-10-20)28(29,30)31/h5-12,14-16,24H,13H2,1-4H3,(H2,32,33,34,35,36,37). The Balaban J connectivity index is 1.55. The number of H-pyrrole nitrogens is 1. The maximum atomic E-state index is 13.0. The predicted molar refractivity (Wildman–Crippen MR) is 138 cm³/mol. The number of alkyl halides is 3. The molecule has 1 aromatic heterocycles. The molecule has 4 rings (SSSR count).